The van der Waals surface area contributed by atoms with Crippen LogP contribution >= 0.6 is 0 Å². The van der Waals surface area contributed by atoms with Crippen LogP contribution in [-0.2, 0) is 7.05 Å². The van der Waals surface area contributed by atoms with E-state index in [0.29, 0.717) is 0 Å². The molecule has 0 bridgehead atoms. The third-order valence-corrected chi connectivity index (χ3v) is 1.53. The molecule has 0 amide bonds. The highest BCUT2D eigenvalue weighted by Gasteiger charge is 2.00. The highest BCUT2D eigenvalue weighted by molar-refractivity contribution is 5.37. The zero-order chi connectivity index (χ0) is 8.85. The molecule has 1 rings (SSSR count). The van der Waals surface area contributed by atoms with E-state index in [-0.39, 0.29) is 0 Å². The van der Waals surface area contributed by atoms with Gasteiger partial charge >= 0.3 is 0 Å². The lowest BCUT2D eigenvalue weighted by atomic mass is 10.3. The van der Waals surface area contributed by atoms with E-state index in [1.165, 1.54) is 0 Å². The minimum atomic E-state index is 0.847. The van der Waals surface area contributed by atoms with Crippen LogP contribution in [0.3, 0.4) is 0 Å². The smallest absolute Gasteiger partial charge is 0.201 e. The zero-order valence-corrected chi connectivity index (χ0v) is 7.76. The number of hydrogen-bond donors (Lipinski definition) is 1. The SMILES string of the molecule is CC.Cc1c(N)ccc[n+]1C. The normalized spacial score (nSPS) is 8.36. The minimum Gasteiger partial charge on any atom is -0.394 e. The highest BCUT2D eigenvalue weighted by atomic mass is 14.9. The molecule has 0 aliphatic carbocycles. The van der Waals surface area contributed by atoms with Crippen molar-refractivity contribution in [3.63, 3.8) is 0 Å². The van der Waals surface area contributed by atoms with Crippen LogP contribution in [0.1, 0.15) is 19.5 Å². The van der Waals surface area contributed by atoms with Gasteiger partial charge in [-0.2, -0.15) is 0 Å². The lowest BCUT2D eigenvalue weighted by molar-refractivity contribution is -0.677. The van der Waals surface area contributed by atoms with E-state index in [9.17, 15) is 0 Å². The molecule has 0 atom stereocenters. The Balaban J connectivity index is 0.000000461. The van der Waals surface area contributed by atoms with E-state index < -0.39 is 0 Å². The van der Waals surface area contributed by atoms with Gasteiger partial charge in [0.05, 0.1) is 5.69 Å². The quantitative estimate of drug-likeness (QED) is 0.561. The maximum Gasteiger partial charge on any atom is 0.201 e. The Hall–Kier alpha value is -1.05. The predicted octanol–water partition coefficient (Wildman–Crippen LogP) is 1.43. The van der Waals surface area contributed by atoms with Crippen molar-refractivity contribution in [3.05, 3.63) is 24.0 Å². The topological polar surface area (TPSA) is 29.9 Å². The number of nitrogen functional groups attached to an aromatic ring is 1. The van der Waals surface area contributed by atoms with Gasteiger partial charge in [0.1, 0.15) is 7.05 Å². The molecule has 11 heavy (non-hydrogen) atoms. The number of anilines is 1. The molecule has 62 valence electrons. The van der Waals surface area contributed by atoms with Gasteiger partial charge in [-0.05, 0) is 6.07 Å². The Morgan fingerprint density at radius 2 is 1.91 bits per heavy atom. The van der Waals surface area contributed by atoms with Gasteiger partial charge in [0, 0.05) is 13.0 Å². The second-order valence-corrected chi connectivity index (χ2v) is 2.16. The highest BCUT2D eigenvalue weighted by Crippen LogP contribution is 2.00. The van der Waals surface area contributed by atoms with Gasteiger partial charge in [0.2, 0.25) is 5.69 Å². The molecular weight excluding hydrogens is 136 g/mol. The van der Waals surface area contributed by atoms with Gasteiger partial charge in [-0.3, -0.25) is 0 Å². The summed E-state index contributed by atoms with van der Waals surface area (Å²) in [5, 5.41) is 0. The molecule has 0 saturated carbocycles. The van der Waals surface area contributed by atoms with Gasteiger partial charge < -0.3 is 5.73 Å². The van der Waals surface area contributed by atoms with Gasteiger partial charge in [0.15, 0.2) is 6.20 Å². The molecule has 0 spiro atoms. The van der Waals surface area contributed by atoms with Crippen molar-refractivity contribution in [1.29, 1.82) is 0 Å². The van der Waals surface area contributed by atoms with Crippen molar-refractivity contribution in [2.24, 2.45) is 7.05 Å². The molecule has 0 radical (unpaired) electrons. The summed E-state index contributed by atoms with van der Waals surface area (Å²) in [7, 11) is 1.98. The van der Waals surface area contributed by atoms with E-state index in [1.807, 2.05) is 50.7 Å². The molecule has 1 aromatic heterocycles. The van der Waals surface area contributed by atoms with Crippen LogP contribution < -0.4 is 10.3 Å². The molecule has 2 N–H and O–H groups in total. The molecule has 2 nitrogen and oxygen atoms in total. The maximum absolute atomic E-state index is 5.60. The Labute approximate surface area is 68.7 Å². The Kier molecular flexibility index (Phi) is 4.27. The third-order valence-electron chi connectivity index (χ3n) is 1.53. The van der Waals surface area contributed by atoms with Crippen molar-refractivity contribution in [1.82, 2.24) is 0 Å². The first-order valence-corrected chi connectivity index (χ1v) is 3.92. The van der Waals surface area contributed by atoms with Crippen LogP contribution in [0.2, 0.25) is 0 Å². The summed E-state index contributed by atoms with van der Waals surface area (Å²) >= 11 is 0. The fourth-order valence-electron chi connectivity index (χ4n) is 0.712. The van der Waals surface area contributed by atoms with Gasteiger partial charge in [0.25, 0.3) is 0 Å². The number of aryl methyl sites for hydroxylation is 1. The van der Waals surface area contributed by atoms with E-state index in [2.05, 4.69) is 0 Å². The Morgan fingerprint density at radius 1 is 1.36 bits per heavy atom. The number of pyridine rings is 1. The van der Waals surface area contributed by atoms with Crippen LogP contribution in [0.25, 0.3) is 0 Å². The van der Waals surface area contributed by atoms with E-state index in [0.717, 1.165) is 11.4 Å². The summed E-state index contributed by atoms with van der Waals surface area (Å²) < 4.78 is 2.00. The van der Waals surface area contributed by atoms with Gasteiger partial charge in [-0.25, -0.2) is 4.57 Å². The van der Waals surface area contributed by atoms with E-state index in [4.69, 9.17) is 5.73 Å². The summed E-state index contributed by atoms with van der Waals surface area (Å²) in [6, 6.07) is 3.83. The van der Waals surface area contributed by atoms with Gasteiger partial charge in [-0.15, -0.1) is 0 Å². The fraction of sp³-hybridized carbons (Fsp3) is 0.444. The molecular formula is C9H17N2+. The second-order valence-electron chi connectivity index (χ2n) is 2.16. The molecule has 0 unspecified atom stereocenters. The van der Waals surface area contributed by atoms with E-state index in [1.54, 1.807) is 0 Å². The number of nitrogens with zero attached hydrogens (tertiary/aromatic N) is 1. The Bertz CT molecular complexity index is 199. The van der Waals surface area contributed by atoms with Crippen LogP contribution in [0.5, 0.6) is 0 Å². The average Bonchev–Trinajstić information content (AvgIpc) is 2.04. The van der Waals surface area contributed by atoms with Crippen molar-refractivity contribution < 1.29 is 4.57 Å². The first-order chi connectivity index (χ1) is 5.22. The summed E-state index contributed by atoms with van der Waals surface area (Å²) in [6.45, 7) is 6.00. The second kappa shape index (κ2) is 4.72. The number of aromatic nitrogens is 1. The average molecular weight is 153 g/mol. The van der Waals surface area contributed by atoms with Crippen LogP contribution in [-0.4, -0.2) is 0 Å². The molecule has 1 heterocycles. The summed E-state index contributed by atoms with van der Waals surface area (Å²) in [4.78, 5) is 0. The lowest BCUT2D eigenvalue weighted by Gasteiger charge is -1.94. The maximum atomic E-state index is 5.60. The first kappa shape index (κ1) is 9.95. The predicted molar refractivity (Wildman–Crippen MR) is 48.1 cm³/mol. The minimum absolute atomic E-state index is 0.847. The molecule has 0 fully saturated rings. The zero-order valence-electron chi connectivity index (χ0n) is 7.76. The fourth-order valence-corrected chi connectivity index (χ4v) is 0.712. The van der Waals surface area contributed by atoms with Crippen molar-refractivity contribution >= 4 is 5.69 Å². The van der Waals surface area contributed by atoms with Crippen LogP contribution in [0.4, 0.5) is 5.69 Å². The van der Waals surface area contributed by atoms with Crippen LogP contribution in [0.15, 0.2) is 18.3 Å². The van der Waals surface area contributed by atoms with Crippen molar-refractivity contribution in [3.8, 4) is 0 Å². The number of hydrogen-bond acceptors (Lipinski definition) is 1. The molecule has 0 saturated heterocycles. The molecule has 0 aliphatic heterocycles. The van der Waals surface area contributed by atoms with Gasteiger partial charge in [-0.1, -0.05) is 13.8 Å². The summed E-state index contributed by atoms with van der Waals surface area (Å²) in [5.74, 6) is 0. The Morgan fingerprint density at radius 3 is 2.27 bits per heavy atom. The molecule has 0 aromatic carbocycles. The third kappa shape index (κ3) is 2.58. The largest absolute Gasteiger partial charge is 0.394 e. The lowest BCUT2D eigenvalue weighted by Crippen LogP contribution is -2.31. The molecule has 2 heteroatoms. The molecule has 1 aromatic rings. The number of nitrogens with two attached hydrogens (primary N) is 1. The first-order valence-electron chi connectivity index (χ1n) is 3.92. The van der Waals surface area contributed by atoms with Crippen LogP contribution in [0, 0.1) is 6.92 Å². The number of rotatable bonds is 0. The van der Waals surface area contributed by atoms with E-state index >= 15 is 0 Å². The monoisotopic (exact) mass is 153 g/mol. The van der Waals surface area contributed by atoms with Crippen molar-refractivity contribution in [2.45, 2.75) is 20.8 Å². The summed E-state index contributed by atoms with van der Waals surface area (Å²) in [5.41, 5.74) is 7.56. The van der Waals surface area contributed by atoms with Crippen molar-refractivity contribution in [2.75, 3.05) is 5.73 Å². The standard InChI is InChI=1S/C7H11N2.C2H6/c1-6-7(8)4-3-5-9(6)2;1-2/h3-5H,8H2,1-2H3;1-2H3/q+1;. The molecule has 0 aliphatic rings. The summed E-state index contributed by atoms with van der Waals surface area (Å²) in [6.07, 6.45) is 1.98.